The Morgan fingerprint density at radius 1 is 1.60 bits per heavy atom. The van der Waals surface area contributed by atoms with Crippen molar-refractivity contribution in [1.29, 1.82) is 0 Å². The molecular weight excluding hydrogens is 132 g/mol. The van der Waals surface area contributed by atoms with E-state index in [1.165, 1.54) is 0 Å². The van der Waals surface area contributed by atoms with Crippen molar-refractivity contribution in [1.82, 2.24) is 5.32 Å². The maximum Gasteiger partial charge on any atom is 0.138 e. The lowest BCUT2D eigenvalue weighted by Gasteiger charge is -2.29. The molecule has 0 spiro atoms. The van der Waals surface area contributed by atoms with Crippen LogP contribution in [-0.4, -0.2) is 29.7 Å². The molecule has 1 aliphatic heterocycles. The highest BCUT2D eigenvalue weighted by Crippen LogP contribution is 2.08. The van der Waals surface area contributed by atoms with E-state index in [1.54, 1.807) is 0 Å². The zero-order chi connectivity index (χ0) is 7.56. The third-order valence-corrected chi connectivity index (χ3v) is 1.77. The number of carbonyl (C=O) groups is 1. The number of rotatable bonds is 1. The Bertz CT molecular complexity index is 129. The van der Waals surface area contributed by atoms with Crippen molar-refractivity contribution in [3.63, 3.8) is 0 Å². The molecule has 10 heavy (non-hydrogen) atoms. The fourth-order valence-electron chi connectivity index (χ4n) is 1.10. The highest BCUT2D eigenvalue weighted by atomic mass is 16.3. The van der Waals surface area contributed by atoms with Crippen LogP contribution in [0.25, 0.3) is 0 Å². The van der Waals surface area contributed by atoms with Crippen LogP contribution in [-0.2, 0) is 4.79 Å². The molecule has 0 amide bonds. The van der Waals surface area contributed by atoms with Crippen molar-refractivity contribution in [2.75, 3.05) is 0 Å². The van der Waals surface area contributed by atoms with Crippen LogP contribution in [0.15, 0.2) is 0 Å². The number of nitrogens with two attached hydrogens (primary N) is 1. The summed E-state index contributed by atoms with van der Waals surface area (Å²) >= 11 is 0. The van der Waals surface area contributed by atoms with E-state index in [0.717, 1.165) is 6.29 Å². The SMILES string of the molecule is NC1CCC(O)NC1C=O. The summed E-state index contributed by atoms with van der Waals surface area (Å²) in [6.07, 6.45) is 1.52. The number of hydrogen-bond donors (Lipinski definition) is 3. The monoisotopic (exact) mass is 144 g/mol. The van der Waals surface area contributed by atoms with Gasteiger partial charge in [-0.1, -0.05) is 0 Å². The highest BCUT2D eigenvalue weighted by Gasteiger charge is 2.24. The molecule has 4 heteroatoms. The van der Waals surface area contributed by atoms with Crippen LogP contribution < -0.4 is 11.1 Å². The standard InChI is InChI=1S/C6H12N2O2/c7-4-1-2-6(10)8-5(4)3-9/h3-6,8,10H,1-2,7H2. The molecule has 58 valence electrons. The largest absolute Gasteiger partial charge is 0.379 e. The van der Waals surface area contributed by atoms with Gasteiger partial charge in [0.2, 0.25) is 0 Å². The summed E-state index contributed by atoms with van der Waals surface area (Å²) in [6.45, 7) is 0. The Balaban J connectivity index is 2.45. The lowest BCUT2D eigenvalue weighted by Crippen LogP contribution is -2.54. The first-order chi connectivity index (χ1) is 4.74. The van der Waals surface area contributed by atoms with E-state index in [4.69, 9.17) is 10.8 Å². The molecule has 0 aromatic rings. The second-order valence-corrected chi connectivity index (χ2v) is 2.59. The molecule has 0 bridgehead atoms. The highest BCUT2D eigenvalue weighted by molar-refractivity contribution is 5.59. The van der Waals surface area contributed by atoms with Gasteiger partial charge in [-0.3, -0.25) is 5.32 Å². The number of nitrogens with one attached hydrogen (secondary N) is 1. The first-order valence-electron chi connectivity index (χ1n) is 3.39. The molecule has 1 saturated heterocycles. The summed E-state index contributed by atoms with van der Waals surface area (Å²) in [6, 6.07) is -0.510. The number of aliphatic hydroxyl groups excluding tert-OH is 1. The Morgan fingerprint density at radius 3 is 2.80 bits per heavy atom. The molecule has 0 aromatic heterocycles. The van der Waals surface area contributed by atoms with Gasteiger partial charge in [-0.15, -0.1) is 0 Å². The van der Waals surface area contributed by atoms with Crippen molar-refractivity contribution < 1.29 is 9.90 Å². The van der Waals surface area contributed by atoms with Gasteiger partial charge in [-0.2, -0.15) is 0 Å². The van der Waals surface area contributed by atoms with E-state index in [1.807, 2.05) is 0 Å². The van der Waals surface area contributed by atoms with E-state index in [9.17, 15) is 4.79 Å². The van der Waals surface area contributed by atoms with Crippen LogP contribution in [0.5, 0.6) is 0 Å². The van der Waals surface area contributed by atoms with E-state index >= 15 is 0 Å². The predicted molar refractivity (Wildman–Crippen MR) is 36.2 cm³/mol. The second kappa shape index (κ2) is 3.09. The quantitative estimate of drug-likeness (QED) is 0.395. The van der Waals surface area contributed by atoms with Crippen LogP contribution in [0.4, 0.5) is 0 Å². The van der Waals surface area contributed by atoms with Gasteiger partial charge in [-0.25, -0.2) is 0 Å². The zero-order valence-electron chi connectivity index (χ0n) is 5.66. The molecule has 1 aliphatic rings. The van der Waals surface area contributed by atoms with Gasteiger partial charge in [0.1, 0.15) is 12.5 Å². The van der Waals surface area contributed by atoms with E-state index in [2.05, 4.69) is 5.32 Å². The van der Waals surface area contributed by atoms with Crippen molar-refractivity contribution in [2.24, 2.45) is 5.73 Å². The smallest absolute Gasteiger partial charge is 0.138 e. The van der Waals surface area contributed by atoms with E-state index in [0.29, 0.717) is 12.8 Å². The minimum absolute atomic E-state index is 0.138. The van der Waals surface area contributed by atoms with Crippen LogP contribution in [0.2, 0.25) is 0 Å². The molecule has 1 rings (SSSR count). The van der Waals surface area contributed by atoms with Crippen molar-refractivity contribution >= 4 is 6.29 Å². The number of carbonyl (C=O) groups excluding carboxylic acids is 1. The maximum atomic E-state index is 10.3. The normalized spacial score (nSPS) is 41.2. The van der Waals surface area contributed by atoms with E-state index in [-0.39, 0.29) is 12.1 Å². The molecule has 0 radical (unpaired) electrons. The summed E-state index contributed by atoms with van der Waals surface area (Å²) in [4.78, 5) is 10.3. The molecular formula is C6H12N2O2. The Labute approximate surface area is 59.4 Å². The third kappa shape index (κ3) is 1.53. The van der Waals surface area contributed by atoms with Gasteiger partial charge in [0, 0.05) is 6.04 Å². The Hall–Kier alpha value is -0.450. The third-order valence-electron chi connectivity index (χ3n) is 1.77. The van der Waals surface area contributed by atoms with Crippen molar-refractivity contribution in [2.45, 2.75) is 31.2 Å². The topological polar surface area (TPSA) is 75.3 Å². The minimum atomic E-state index is -0.560. The average Bonchev–Trinajstić information content (AvgIpc) is 1.94. The fourth-order valence-corrected chi connectivity index (χ4v) is 1.10. The van der Waals surface area contributed by atoms with Crippen LogP contribution in [0.1, 0.15) is 12.8 Å². The predicted octanol–water partition coefficient (Wildman–Crippen LogP) is -1.42. The molecule has 4 N–H and O–H groups in total. The Morgan fingerprint density at radius 2 is 2.30 bits per heavy atom. The molecule has 4 nitrogen and oxygen atoms in total. The first kappa shape index (κ1) is 7.65. The summed E-state index contributed by atoms with van der Waals surface area (Å²) < 4.78 is 0. The number of piperidine rings is 1. The zero-order valence-corrected chi connectivity index (χ0v) is 5.66. The number of hydrogen-bond acceptors (Lipinski definition) is 4. The van der Waals surface area contributed by atoms with Gasteiger partial charge in [-0.05, 0) is 12.8 Å². The summed E-state index contributed by atoms with van der Waals surface area (Å²) in [5.41, 5.74) is 5.55. The van der Waals surface area contributed by atoms with Gasteiger partial charge in [0.05, 0.1) is 6.04 Å². The molecule has 1 heterocycles. The van der Waals surface area contributed by atoms with Crippen LogP contribution >= 0.6 is 0 Å². The maximum absolute atomic E-state index is 10.3. The lowest BCUT2D eigenvalue weighted by molar-refractivity contribution is -0.111. The summed E-state index contributed by atoms with van der Waals surface area (Å²) in [5, 5.41) is 11.7. The first-order valence-corrected chi connectivity index (χ1v) is 3.39. The number of aliphatic hydroxyl groups is 1. The number of aldehydes is 1. The molecule has 3 atom stereocenters. The second-order valence-electron chi connectivity index (χ2n) is 2.59. The Kier molecular flexibility index (Phi) is 2.37. The van der Waals surface area contributed by atoms with Crippen molar-refractivity contribution in [3.05, 3.63) is 0 Å². The van der Waals surface area contributed by atoms with E-state index < -0.39 is 6.23 Å². The van der Waals surface area contributed by atoms with Crippen molar-refractivity contribution in [3.8, 4) is 0 Å². The van der Waals surface area contributed by atoms with Crippen LogP contribution in [0, 0.1) is 0 Å². The van der Waals surface area contributed by atoms with Gasteiger partial charge >= 0.3 is 0 Å². The summed E-state index contributed by atoms with van der Waals surface area (Å²) in [5.74, 6) is 0. The summed E-state index contributed by atoms with van der Waals surface area (Å²) in [7, 11) is 0. The molecule has 1 fully saturated rings. The molecule has 3 unspecified atom stereocenters. The van der Waals surface area contributed by atoms with Gasteiger partial charge < -0.3 is 15.6 Å². The molecule has 0 saturated carbocycles. The van der Waals surface area contributed by atoms with Gasteiger partial charge in [0.15, 0.2) is 0 Å². The molecule has 0 aliphatic carbocycles. The molecule has 0 aromatic carbocycles. The van der Waals surface area contributed by atoms with Crippen LogP contribution in [0.3, 0.4) is 0 Å². The fraction of sp³-hybridized carbons (Fsp3) is 0.833. The minimum Gasteiger partial charge on any atom is -0.379 e. The van der Waals surface area contributed by atoms with Gasteiger partial charge in [0.25, 0.3) is 0 Å². The average molecular weight is 144 g/mol. The lowest BCUT2D eigenvalue weighted by atomic mass is 10.00.